The number of carbonyl (C=O) groups is 2. The molecular formula is C12H18N2O5. The van der Waals surface area contributed by atoms with Crippen LogP contribution in [-0.4, -0.2) is 33.2 Å². The summed E-state index contributed by atoms with van der Waals surface area (Å²) < 4.78 is 11.1. The second kappa shape index (κ2) is 5.83. The van der Waals surface area contributed by atoms with Gasteiger partial charge in [0.2, 0.25) is 0 Å². The van der Waals surface area contributed by atoms with Gasteiger partial charge in [-0.1, -0.05) is 0 Å². The lowest BCUT2D eigenvalue weighted by molar-refractivity contribution is -0.144. The predicted octanol–water partition coefficient (Wildman–Crippen LogP) is 0.808. The zero-order valence-corrected chi connectivity index (χ0v) is 11.5. The molecule has 0 fully saturated rings. The quantitative estimate of drug-likeness (QED) is 0.796. The molecule has 1 aromatic heterocycles. The highest BCUT2D eigenvalue weighted by Crippen LogP contribution is 2.23. The zero-order valence-electron chi connectivity index (χ0n) is 11.5. The molecule has 1 heterocycles. The van der Waals surface area contributed by atoms with Gasteiger partial charge in [0.05, 0.1) is 12.9 Å². The van der Waals surface area contributed by atoms with E-state index in [0.717, 1.165) is 0 Å². The minimum absolute atomic E-state index is 0.0793. The standard InChI is InChI=1S/C12H18N2O5/c1-5-18-11(16)9-10(12(3,4)17)13-6-14(9)7-19-8(2)15/h6,17H,5,7H2,1-4H3. The molecule has 106 valence electrons. The van der Waals surface area contributed by atoms with Crippen molar-refractivity contribution >= 4 is 11.9 Å². The third-order valence-electron chi connectivity index (χ3n) is 2.29. The fourth-order valence-corrected chi connectivity index (χ4v) is 1.50. The minimum atomic E-state index is -1.30. The van der Waals surface area contributed by atoms with Crippen molar-refractivity contribution in [2.24, 2.45) is 0 Å². The van der Waals surface area contributed by atoms with Gasteiger partial charge in [-0.15, -0.1) is 0 Å². The fourth-order valence-electron chi connectivity index (χ4n) is 1.50. The summed E-state index contributed by atoms with van der Waals surface area (Å²) >= 11 is 0. The van der Waals surface area contributed by atoms with Gasteiger partial charge in [-0.05, 0) is 20.8 Å². The largest absolute Gasteiger partial charge is 0.461 e. The van der Waals surface area contributed by atoms with Crippen LogP contribution in [0.1, 0.15) is 43.9 Å². The molecule has 19 heavy (non-hydrogen) atoms. The van der Waals surface area contributed by atoms with Crippen molar-refractivity contribution in [3.63, 3.8) is 0 Å². The molecule has 0 unspecified atom stereocenters. The minimum Gasteiger partial charge on any atom is -0.461 e. The Morgan fingerprint density at radius 1 is 1.42 bits per heavy atom. The maximum Gasteiger partial charge on any atom is 0.357 e. The summed E-state index contributed by atoms with van der Waals surface area (Å²) in [6, 6.07) is 0. The third-order valence-corrected chi connectivity index (χ3v) is 2.29. The molecule has 0 aliphatic carbocycles. The number of aromatic nitrogens is 2. The van der Waals surface area contributed by atoms with Crippen LogP contribution in [0.3, 0.4) is 0 Å². The lowest BCUT2D eigenvalue weighted by atomic mass is 10.0. The number of carbonyl (C=O) groups excluding carboxylic acids is 2. The summed E-state index contributed by atoms with van der Waals surface area (Å²) in [6.45, 7) is 5.99. The summed E-state index contributed by atoms with van der Waals surface area (Å²) in [7, 11) is 0. The van der Waals surface area contributed by atoms with Crippen LogP contribution in [0.4, 0.5) is 0 Å². The average Bonchev–Trinajstić information content (AvgIpc) is 2.69. The van der Waals surface area contributed by atoms with E-state index in [2.05, 4.69) is 4.98 Å². The number of rotatable bonds is 5. The molecule has 0 amide bonds. The number of nitrogens with zero attached hydrogens (tertiary/aromatic N) is 2. The van der Waals surface area contributed by atoms with Crippen molar-refractivity contribution in [2.45, 2.75) is 40.0 Å². The van der Waals surface area contributed by atoms with Crippen molar-refractivity contribution in [1.82, 2.24) is 9.55 Å². The lowest BCUT2D eigenvalue weighted by Crippen LogP contribution is -2.23. The molecule has 0 aromatic carbocycles. The second-order valence-electron chi connectivity index (χ2n) is 4.46. The van der Waals surface area contributed by atoms with Crippen molar-refractivity contribution in [3.8, 4) is 0 Å². The Hall–Kier alpha value is -1.89. The van der Waals surface area contributed by atoms with E-state index in [1.807, 2.05) is 0 Å². The first-order valence-electron chi connectivity index (χ1n) is 5.85. The van der Waals surface area contributed by atoms with Crippen LogP contribution in [0.5, 0.6) is 0 Å². The van der Waals surface area contributed by atoms with E-state index in [0.29, 0.717) is 0 Å². The van der Waals surface area contributed by atoms with Crippen LogP contribution in [0, 0.1) is 0 Å². The summed E-state index contributed by atoms with van der Waals surface area (Å²) in [5.41, 5.74) is -1.04. The number of hydrogen-bond donors (Lipinski definition) is 1. The molecule has 1 aromatic rings. The SMILES string of the molecule is CCOC(=O)c1c(C(C)(C)O)ncn1COC(C)=O. The molecule has 0 atom stereocenters. The van der Waals surface area contributed by atoms with Gasteiger partial charge < -0.3 is 14.6 Å². The Balaban J connectivity index is 3.14. The molecule has 1 rings (SSSR count). The first-order chi connectivity index (χ1) is 8.77. The van der Waals surface area contributed by atoms with E-state index in [1.165, 1.54) is 31.7 Å². The first-order valence-corrected chi connectivity index (χ1v) is 5.85. The summed E-state index contributed by atoms with van der Waals surface area (Å²) in [4.78, 5) is 26.7. The molecule has 0 spiro atoms. The Morgan fingerprint density at radius 2 is 2.05 bits per heavy atom. The van der Waals surface area contributed by atoms with Gasteiger partial charge in [-0.25, -0.2) is 9.78 Å². The maximum atomic E-state index is 11.9. The molecule has 1 N–H and O–H groups in total. The van der Waals surface area contributed by atoms with E-state index in [-0.39, 0.29) is 24.7 Å². The monoisotopic (exact) mass is 270 g/mol. The summed E-state index contributed by atoms with van der Waals surface area (Å²) in [6.07, 6.45) is 1.32. The number of aliphatic hydroxyl groups is 1. The van der Waals surface area contributed by atoms with E-state index in [1.54, 1.807) is 6.92 Å². The molecular weight excluding hydrogens is 252 g/mol. The van der Waals surface area contributed by atoms with E-state index in [9.17, 15) is 14.7 Å². The molecule has 0 saturated heterocycles. The Morgan fingerprint density at radius 3 is 2.53 bits per heavy atom. The Labute approximate surface area is 111 Å². The van der Waals surface area contributed by atoms with Gasteiger partial charge in [-0.3, -0.25) is 9.36 Å². The lowest BCUT2D eigenvalue weighted by Gasteiger charge is -2.17. The molecule has 0 aliphatic heterocycles. The predicted molar refractivity (Wildman–Crippen MR) is 65.2 cm³/mol. The molecule has 7 nitrogen and oxygen atoms in total. The molecule has 0 aliphatic rings. The third kappa shape index (κ3) is 3.78. The van der Waals surface area contributed by atoms with Crippen molar-refractivity contribution in [2.75, 3.05) is 6.61 Å². The van der Waals surface area contributed by atoms with E-state index in [4.69, 9.17) is 9.47 Å². The van der Waals surface area contributed by atoms with Gasteiger partial charge in [0.1, 0.15) is 11.3 Å². The molecule has 0 saturated carbocycles. The Bertz CT molecular complexity index is 473. The molecule has 7 heteroatoms. The van der Waals surface area contributed by atoms with E-state index < -0.39 is 17.5 Å². The van der Waals surface area contributed by atoms with Crippen LogP contribution in [0.15, 0.2) is 6.33 Å². The van der Waals surface area contributed by atoms with Crippen LogP contribution >= 0.6 is 0 Å². The van der Waals surface area contributed by atoms with Crippen molar-refractivity contribution < 1.29 is 24.2 Å². The second-order valence-corrected chi connectivity index (χ2v) is 4.46. The normalized spacial score (nSPS) is 11.2. The van der Waals surface area contributed by atoms with Crippen LogP contribution in [0.25, 0.3) is 0 Å². The van der Waals surface area contributed by atoms with Crippen LogP contribution in [0.2, 0.25) is 0 Å². The van der Waals surface area contributed by atoms with Crippen LogP contribution < -0.4 is 0 Å². The fraction of sp³-hybridized carbons (Fsp3) is 0.583. The summed E-state index contributed by atoms with van der Waals surface area (Å²) in [5, 5.41) is 9.99. The van der Waals surface area contributed by atoms with Gasteiger partial charge >= 0.3 is 11.9 Å². The topological polar surface area (TPSA) is 90.7 Å². The number of esters is 2. The Kier molecular flexibility index (Phi) is 4.66. The highest BCUT2D eigenvalue weighted by atomic mass is 16.5. The highest BCUT2D eigenvalue weighted by Gasteiger charge is 2.30. The van der Waals surface area contributed by atoms with Gasteiger partial charge in [0.15, 0.2) is 12.4 Å². The smallest absolute Gasteiger partial charge is 0.357 e. The zero-order chi connectivity index (χ0) is 14.6. The molecule has 0 radical (unpaired) electrons. The molecule has 0 bridgehead atoms. The van der Waals surface area contributed by atoms with Crippen LogP contribution in [-0.2, 0) is 26.6 Å². The van der Waals surface area contributed by atoms with Crippen molar-refractivity contribution in [3.05, 3.63) is 17.7 Å². The first kappa shape index (κ1) is 15.2. The van der Waals surface area contributed by atoms with E-state index >= 15 is 0 Å². The van der Waals surface area contributed by atoms with Gasteiger partial charge in [0.25, 0.3) is 0 Å². The van der Waals surface area contributed by atoms with Gasteiger partial charge in [0, 0.05) is 6.92 Å². The maximum absolute atomic E-state index is 11.9. The van der Waals surface area contributed by atoms with Crippen molar-refractivity contribution in [1.29, 1.82) is 0 Å². The number of hydrogen-bond acceptors (Lipinski definition) is 6. The number of imidazole rings is 1. The number of ether oxygens (including phenoxy) is 2. The van der Waals surface area contributed by atoms with Gasteiger partial charge in [-0.2, -0.15) is 0 Å². The average molecular weight is 270 g/mol. The summed E-state index contributed by atoms with van der Waals surface area (Å²) in [5.74, 6) is -1.10. The highest BCUT2D eigenvalue weighted by molar-refractivity contribution is 5.89.